The van der Waals surface area contributed by atoms with Crippen molar-refractivity contribution in [2.75, 3.05) is 26.9 Å². The molecule has 1 aromatic carbocycles. The Hall–Kier alpha value is -1.68. The number of hydrogen-bond acceptors (Lipinski definition) is 4. The van der Waals surface area contributed by atoms with Gasteiger partial charge in [0.2, 0.25) is 5.75 Å². The first-order valence-electron chi connectivity index (χ1n) is 6.63. The molecular weight excluding hydrogens is 242 g/mol. The lowest BCUT2D eigenvalue weighted by Gasteiger charge is -2.21. The molecule has 0 aliphatic carbocycles. The molecule has 2 rings (SSSR count). The van der Waals surface area contributed by atoms with Gasteiger partial charge in [-0.2, -0.15) is 0 Å². The summed E-state index contributed by atoms with van der Waals surface area (Å²) in [5.41, 5.74) is 1.14. The molecule has 1 aromatic rings. The summed E-state index contributed by atoms with van der Waals surface area (Å²) in [5.74, 6) is 2.23. The third-order valence-electron chi connectivity index (χ3n) is 2.94. The Morgan fingerprint density at radius 1 is 1.32 bits per heavy atom. The molecule has 19 heavy (non-hydrogen) atoms. The largest absolute Gasteiger partial charge is 0.493 e. The molecule has 1 N–H and O–H groups in total. The third kappa shape index (κ3) is 3.64. The summed E-state index contributed by atoms with van der Waals surface area (Å²) >= 11 is 0. The molecule has 104 valence electrons. The maximum Gasteiger partial charge on any atom is 0.203 e. The van der Waals surface area contributed by atoms with Crippen molar-refractivity contribution in [3.63, 3.8) is 0 Å². The third-order valence-corrected chi connectivity index (χ3v) is 2.94. The molecule has 0 spiro atoms. The predicted octanol–water partition coefficient (Wildman–Crippen LogP) is 2.52. The highest BCUT2D eigenvalue weighted by atomic mass is 16.6. The van der Waals surface area contributed by atoms with Crippen LogP contribution in [0.4, 0.5) is 0 Å². The van der Waals surface area contributed by atoms with Gasteiger partial charge in [0.1, 0.15) is 13.2 Å². The predicted molar refractivity (Wildman–Crippen MR) is 75.1 cm³/mol. The Morgan fingerprint density at radius 3 is 2.95 bits per heavy atom. The lowest BCUT2D eigenvalue weighted by Crippen LogP contribution is -2.18. The SMILES string of the molecule is C/C=C/CCNCc1cc(OC)c2c(c1)OCCO2. The average Bonchev–Trinajstić information content (AvgIpc) is 2.46. The van der Waals surface area contributed by atoms with Gasteiger partial charge in [-0.25, -0.2) is 0 Å². The lowest BCUT2D eigenvalue weighted by atomic mass is 10.1. The Labute approximate surface area is 114 Å². The summed E-state index contributed by atoms with van der Waals surface area (Å²) in [6.45, 7) is 4.95. The monoisotopic (exact) mass is 263 g/mol. The number of methoxy groups -OCH3 is 1. The highest BCUT2D eigenvalue weighted by Crippen LogP contribution is 2.40. The van der Waals surface area contributed by atoms with Crippen molar-refractivity contribution < 1.29 is 14.2 Å². The van der Waals surface area contributed by atoms with E-state index in [0.29, 0.717) is 19.0 Å². The van der Waals surface area contributed by atoms with Crippen LogP contribution in [0.5, 0.6) is 17.2 Å². The fourth-order valence-electron chi connectivity index (χ4n) is 2.01. The fraction of sp³-hybridized carbons (Fsp3) is 0.467. The Bertz CT molecular complexity index is 426. The van der Waals surface area contributed by atoms with Gasteiger partial charge in [0.15, 0.2) is 11.5 Å². The first kappa shape index (κ1) is 13.7. The molecule has 0 unspecified atom stereocenters. The maximum absolute atomic E-state index is 5.61. The summed E-state index contributed by atoms with van der Waals surface area (Å²) in [6.07, 6.45) is 5.25. The van der Waals surface area contributed by atoms with Crippen molar-refractivity contribution in [1.82, 2.24) is 5.32 Å². The highest BCUT2D eigenvalue weighted by molar-refractivity contribution is 5.54. The zero-order valence-corrected chi connectivity index (χ0v) is 11.6. The van der Waals surface area contributed by atoms with Crippen LogP contribution in [0.25, 0.3) is 0 Å². The molecule has 0 radical (unpaired) electrons. The second kappa shape index (κ2) is 7.04. The Kier molecular flexibility index (Phi) is 5.10. The van der Waals surface area contributed by atoms with Gasteiger partial charge in [0.05, 0.1) is 7.11 Å². The molecule has 0 amide bonds. The van der Waals surface area contributed by atoms with E-state index < -0.39 is 0 Å². The molecule has 0 aromatic heterocycles. The van der Waals surface area contributed by atoms with Crippen LogP contribution in [-0.4, -0.2) is 26.9 Å². The number of ether oxygens (including phenoxy) is 3. The van der Waals surface area contributed by atoms with Crippen molar-refractivity contribution in [3.8, 4) is 17.2 Å². The second-order valence-electron chi connectivity index (χ2n) is 4.36. The van der Waals surface area contributed by atoms with E-state index in [4.69, 9.17) is 14.2 Å². The van der Waals surface area contributed by atoms with Gasteiger partial charge in [0.25, 0.3) is 0 Å². The molecule has 0 atom stereocenters. The second-order valence-corrected chi connectivity index (χ2v) is 4.36. The number of hydrogen-bond donors (Lipinski definition) is 1. The number of benzene rings is 1. The average molecular weight is 263 g/mol. The van der Waals surface area contributed by atoms with Crippen molar-refractivity contribution in [1.29, 1.82) is 0 Å². The van der Waals surface area contributed by atoms with Crippen molar-refractivity contribution in [3.05, 3.63) is 29.8 Å². The summed E-state index contributed by atoms with van der Waals surface area (Å²) in [5, 5.41) is 3.39. The fourth-order valence-corrected chi connectivity index (χ4v) is 2.01. The number of rotatable bonds is 6. The highest BCUT2D eigenvalue weighted by Gasteiger charge is 2.18. The first-order valence-corrected chi connectivity index (χ1v) is 6.63. The first-order chi connectivity index (χ1) is 9.35. The van der Waals surface area contributed by atoms with Crippen LogP contribution in [0.15, 0.2) is 24.3 Å². The molecule has 1 heterocycles. The summed E-state index contributed by atoms with van der Waals surface area (Å²) < 4.78 is 16.5. The van der Waals surface area contributed by atoms with Crippen LogP contribution >= 0.6 is 0 Å². The van der Waals surface area contributed by atoms with Crippen molar-refractivity contribution >= 4 is 0 Å². The van der Waals surface area contributed by atoms with Crippen LogP contribution in [0.1, 0.15) is 18.9 Å². The number of allylic oxidation sites excluding steroid dienone is 1. The summed E-state index contributed by atoms with van der Waals surface area (Å²) in [6, 6.07) is 4.01. The van der Waals surface area contributed by atoms with Gasteiger partial charge in [-0.1, -0.05) is 12.2 Å². The van der Waals surface area contributed by atoms with Gasteiger partial charge in [-0.05, 0) is 37.6 Å². The van der Waals surface area contributed by atoms with Crippen molar-refractivity contribution in [2.24, 2.45) is 0 Å². The summed E-state index contributed by atoms with van der Waals surface area (Å²) in [4.78, 5) is 0. The molecular formula is C15H21NO3. The van der Waals surface area contributed by atoms with E-state index in [0.717, 1.165) is 36.6 Å². The minimum absolute atomic E-state index is 0.574. The van der Waals surface area contributed by atoms with E-state index in [9.17, 15) is 0 Å². The number of nitrogens with one attached hydrogen (secondary N) is 1. The van der Waals surface area contributed by atoms with E-state index in [-0.39, 0.29) is 0 Å². The van der Waals surface area contributed by atoms with Crippen LogP contribution in [0.3, 0.4) is 0 Å². The van der Waals surface area contributed by atoms with E-state index in [2.05, 4.69) is 17.5 Å². The zero-order chi connectivity index (χ0) is 13.5. The molecule has 4 heteroatoms. The quantitative estimate of drug-likeness (QED) is 0.632. The van der Waals surface area contributed by atoms with E-state index in [1.54, 1.807) is 7.11 Å². The molecule has 0 saturated heterocycles. The molecule has 4 nitrogen and oxygen atoms in total. The minimum atomic E-state index is 0.574. The molecule has 1 aliphatic rings. The standard InChI is InChI=1S/C15H21NO3/c1-3-4-5-6-16-11-12-9-13(17-2)15-14(10-12)18-7-8-19-15/h3-4,9-10,16H,5-8,11H2,1-2H3/b4-3+. The smallest absolute Gasteiger partial charge is 0.203 e. The van der Waals surface area contributed by atoms with E-state index >= 15 is 0 Å². The maximum atomic E-state index is 5.61. The van der Waals surface area contributed by atoms with Crippen molar-refractivity contribution in [2.45, 2.75) is 19.9 Å². The van der Waals surface area contributed by atoms with Gasteiger partial charge in [-0.15, -0.1) is 0 Å². The topological polar surface area (TPSA) is 39.7 Å². The van der Waals surface area contributed by atoms with Gasteiger partial charge >= 0.3 is 0 Å². The summed E-state index contributed by atoms with van der Waals surface area (Å²) in [7, 11) is 1.65. The molecule has 0 saturated carbocycles. The minimum Gasteiger partial charge on any atom is -0.493 e. The number of fused-ring (bicyclic) bond motifs is 1. The zero-order valence-electron chi connectivity index (χ0n) is 11.6. The van der Waals surface area contributed by atoms with E-state index in [1.165, 1.54) is 0 Å². The van der Waals surface area contributed by atoms with Crippen LogP contribution in [0.2, 0.25) is 0 Å². The van der Waals surface area contributed by atoms with Gasteiger partial charge < -0.3 is 19.5 Å². The normalized spacial score (nSPS) is 13.8. The van der Waals surface area contributed by atoms with E-state index in [1.807, 2.05) is 19.1 Å². The van der Waals surface area contributed by atoms with Crippen LogP contribution in [-0.2, 0) is 6.54 Å². The Morgan fingerprint density at radius 2 is 2.16 bits per heavy atom. The van der Waals surface area contributed by atoms with Crippen LogP contribution in [0, 0.1) is 0 Å². The molecule has 0 bridgehead atoms. The molecule has 0 fully saturated rings. The van der Waals surface area contributed by atoms with Gasteiger partial charge in [-0.3, -0.25) is 0 Å². The van der Waals surface area contributed by atoms with Gasteiger partial charge in [0, 0.05) is 6.54 Å². The van der Waals surface area contributed by atoms with Crippen LogP contribution < -0.4 is 19.5 Å². The Balaban J connectivity index is 2.00. The lowest BCUT2D eigenvalue weighted by molar-refractivity contribution is 0.165. The molecule has 1 aliphatic heterocycles.